The number of aryl methyl sites for hydroxylation is 2. The number of ketones is 1. The van der Waals surface area contributed by atoms with Gasteiger partial charge in [-0.05, 0) is 54.7 Å². The summed E-state index contributed by atoms with van der Waals surface area (Å²) in [5.74, 6) is 0.209. The van der Waals surface area contributed by atoms with Crippen molar-refractivity contribution < 1.29 is 13.6 Å². The maximum atomic E-state index is 14.1. The second-order valence-electron chi connectivity index (χ2n) is 8.80. The third kappa shape index (κ3) is 3.66. The Labute approximate surface area is 186 Å². The highest BCUT2D eigenvalue weighted by molar-refractivity contribution is 5.90. The van der Waals surface area contributed by atoms with Crippen LogP contribution < -0.4 is 10.2 Å². The van der Waals surface area contributed by atoms with Crippen LogP contribution in [-0.4, -0.2) is 28.2 Å². The van der Waals surface area contributed by atoms with Crippen LogP contribution in [0.2, 0.25) is 0 Å². The number of Topliss-reactive ketones (excluding diaryl/α,β-unsaturated/α-hetero) is 1. The van der Waals surface area contributed by atoms with Crippen LogP contribution in [0.4, 0.5) is 25.8 Å². The summed E-state index contributed by atoms with van der Waals surface area (Å²) in [4.78, 5) is 14.4. The number of hydrogen-bond donors (Lipinski definition) is 1. The van der Waals surface area contributed by atoms with Crippen LogP contribution in [0.15, 0.2) is 42.7 Å². The van der Waals surface area contributed by atoms with Crippen molar-refractivity contribution in [3.8, 4) is 11.1 Å². The molecule has 5 nitrogen and oxygen atoms in total. The number of nitrogens with one attached hydrogen (secondary N) is 1. The summed E-state index contributed by atoms with van der Waals surface area (Å²) in [5.41, 5.74) is 5.97. The standard InChI is InChI=1S/C25H26F2N4O/c1-15-9-19(32)10-17-5-3-7-22(24(17)29-15)31-8-4-6-16-11-20(18-13-28-30(2)14-18)21(25(26)27)12-23(16)31/h3,5,7,11-15,25,29H,4,6,8-10H2,1-2H3/t15-/m1/s1. The van der Waals surface area contributed by atoms with Gasteiger partial charge in [0.25, 0.3) is 6.43 Å². The zero-order valence-electron chi connectivity index (χ0n) is 18.2. The fourth-order valence-corrected chi connectivity index (χ4v) is 4.94. The molecule has 32 heavy (non-hydrogen) atoms. The lowest BCUT2D eigenvalue weighted by atomic mass is 9.92. The third-order valence-electron chi connectivity index (χ3n) is 6.35. The van der Waals surface area contributed by atoms with Crippen molar-refractivity contribution in [1.82, 2.24) is 9.78 Å². The number of aromatic nitrogens is 2. The van der Waals surface area contributed by atoms with E-state index in [2.05, 4.69) is 15.3 Å². The van der Waals surface area contributed by atoms with Gasteiger partial charge < -0.3 is 10.2 Å². The molecule has 0 unspecified atom stereocenters. The molecule has 0 spiro atoms. The molecule has 1 aromatic heterocycles. The number of halogens is 2. The molecule has 0 aliphatic carbocycles. The molecule has 3 heterocycles. The SMILES string of the molecule is C[C@@H]1CC(=O)Cc2cccc(N3CCCc4cc(-c5cnn(C)c5)c(C(F)F)cc43)c2N1. The van der Waals surface area contributed by atoms with E-state index in [0.29, 0.717) is 24.0 Å². The Hall–Kier alpha value is -3.22. The number of carbonyl (C=O) groups is 1. The summed E-state index contributed by atoms with van der Waals surface area (Å²) in [6.45, 7) is 2.74. The van der Waals surface area contributed by atoms with E-state index in [-0.39, 0.29) is 17.4 Å². The first-order valence-electron chi connectivity index (χ1n) is 11.0. The van der Waals surface area contributed by atoms with Gasteiger partial charge in [-0.2, -0.15) is 5.10 Å². The largest absolute Gasteiger partial charge is 0.380 e. The molecule has 3 aromatic rings. The number of para-hydroxylation sites is 1. The van der Waals surface area contributed by atoms with Crippen molar-refractivity contribution in [2.45, 2.75) is 45.1 Å². The van der Waals surface area contributed by atoms with Gasteiger partial charge in [-0.15, -0.1) is 0 Å². The van der Waals surface area contributed by atoms with E-state index in [9.17, 15) is 13.6 Å². The number of rotatable bonds is 3. The lowest BCUT2D eigenvalue weighted by molar-refractivity contribution is -0.118. The molecule has 0 bridgehead atoms. The van der Waals surface area contributed by atoms with Gasteiger partial charge >= 0.3 is 0 Å². The van der Waals surface area contributed by atoms with Crippen LogP contribution in [0.25, 0.3) is 11.1 Å². The first kappa shape index (κ1) is 20.7. The van der Waals surface area contributed by atoms with Gasteiger partial charge in [0.05, 0.1) is 17.6 Å². The average Bonchev–Trinajstić information content (AvgIpc) is 3.12. The number of carbonyl (C=O) groups excluding carboxylic acids is 1. The van der Waals surface area contributed by atoms with Crippen molar-refractivity contribution in [3.63, 3.8) is 0 Å². The molecular formula is C25H26F2N4O. The molecule has 0 radical (unpaired) electrons. The zero-order chi connectivity index (χ0) is 22.4. The number of alkyl halides is 2. The third-order valence-corrected chi connectivity index (χ3v) is 6.35. The highest BCUT2D eigenvalue weighted by Crippen LogP contribution is 2.44. The van der Waals surface area contributed by atoms with Crippen LogP contribution in [0.1, 0.15) is 42.9 Å². The normalized spacial score (nSPS) is 18.2. The minimum atomic E-state index is -2.59. The van der Waals surface area contributed by atoms with E-state index in [0.717, 1.165) is 47.6 Å². The molecule has 7 heteroatoms. The summed E-state index contributed by atoms with van der Waals surface area (Å²) < 4.78 is 29.9. The lowest BCUT2D eigenvalue weighted by Crippen LogP contribution is -2.27. The Morgan fingerprint density at radius 2 is 2.03 bits per heavy atom. The molecular weight excluding hydrogens is 410 g/mol. The Morgan fingerprint density at radius 3 is 2.78 bits per heavy atom. The smallest absolute Gasteiger partial charge is 0.264 e. The van der Waals surface area contributed by atoms with E-state index in [1.807, 2.05) is 31.2 Å². The first-order chi connectivity index (χ1) is 15.4. The Morgan fingerprint density at radius 1 is 1.19 bits per heavy atom. The van der Waals surface area contributed by atoms with E-state index in [1.54, 1.807) is 30.2 Å². The molecule has 5 rings (SSSR count). The number of benzene rings is 2. The average molecular weight is 437 g/mol. The number of anilines is 3. The van der Waals surface area contributed by atoms with E-state index < -0.39 is 6.43 Å². The van der Waals surface area contributed by atoms with Gasteiger partial charge in [-0.1, -0.05) is 12.1 Å². The van der Waals surface area contributed by atoms with Crippen LogP contribution in [-0.2, 0) is 24.7 Å². The number of fused-ring (bicyclic) bond motifs is 2. The zero-order valence-corrected chi connectivity index (χ0v) is 18.2. The second kappa shape index (κ2) is 8.04. The molecule has 0 saturated heterocycles. The monoisotopic (exact) mass is 436 g/mol. The van der Waals surface area contributed by atoms with Crippen molar-refractivity contribution in [3.05, 3.63) is 59.4 Å². The van der Waals surface area contributed by atoms with Gasteiger partial charge in [0.15, 0.2) is 0 Å². The molecule has 2 aliphatic rings. The highest BCUT2D eigenvalue weighted by Gasteiger charge is 2.28. The molecule has 0 amide bonds. The number of nitrogens with zero attached hydrogens (tertiary/aromatic N) is 3. The number of hydrogen-bond acceptors (Lipinski definition) is 4. The fourth-order valence-electron chi connectivity index (χ4n) is 4.94. The molecule has 1 atom stereocenters. The molecule has 1 N–H and O–H groups in total. The molecule has 166 valence electrons. The van der Waals surface area contributed by atoms with Gasteiger partial charge in [-0.3, -0.25) is 9.48 Å². The highest BCUT2D eigenvalue weighted by atomic mass is 19.3. The van der Waals surface area contributed by atoms with Crippen molar-refractivity contribution in [2.24, 2.45) is 7.05 Å². The van der Waals surface area contributed by atoms with E-state index in [1.165, 1.54) is 0 Å². The van der Waals surface area contributed by atoms with E-state index >= 15 is 0 Å². The summed E-state index contributed by atoms with van der Waals surface area (Å²) in [5, 5.41) is 7.67. The van der Waals surface area contributed by atoms with Crippen LogP contribution >= 0.6 is 0 Å². The summed E-state index contributed by atoms with van der Waals surface area (Å²) >= 11 is 0. The summed E-state index contributed by atoms with van der Waals surface area (Å²) in [6, 6.07) is 9.51. The quantitative estimate of drug-likeness (QED) is 0.595. The van der Waals surface area contributed by atoms with Gasteiger partial charge in [-0.25, -0.2) is 8.78 Å². The van der Waals surface area contributed by atoms with Crippen LogP contribution in [0.5, 0.6) is 0 Å². The Balaban J connectivity index is 1.64. The molecule has 0 fully saturated rings. The van der Waals surface area contributed by atoms with Gasteiger partial charge in [0, 0.05) is 55.5 Å². The Kier molecular flexibility index (Phi) is 5.19. The van der Waals surface area contributed by atoms with Gasteiger partial charge in [0.1, 0.15) is 5.78 Å². The van der Waals surface area contributed by atoms with E-state index in [4.69, 9.17) is 0 Å². The predicted molar refractivity (Wildman–Crippen MR) is 122 cm³/mol. The summed E-state index contributed by atoms with van der Waals surface area (Å²) in [6.07, 6.45) is 3.44. The summed E-state index contributed by atoms with van der Waals surface area (Å²) in [7, 11) is 1.78. The molecule has 0 saturated carbocycles. The maximum Gasteiger partial charge on any atom is 0.264 e. The minimum absolute atomic E-state index is 0.0159. The van der Waals surface area contributed by atoms with Crippen molar-refractivity contribution in [2.75, 3.05) is 16.8 Å². The Bertz CT molecular complexity index is 1190. The first-order valence-corrected chi connectivity index (χ1v) is 11.0. The topological polar surface area (TPSA) is 50.2 Å². The molecule has 2 aliphatic heterocycles. The fraction of sp³-hybridized carbons (Fsp3) is 0.360. The van der Waals surface area contributed by atoms with Crippen molar-refractivity contribution in [1.29, 1.82) is 0 Å². The maximum absolute atomic E-state index is 14.1. The van der Waals surface area contributed by atoms with Crippen LogP contribution in [0, 0.1) is 0 Å². The minimum Gasteiger partial charge on any atom is -0.380 e. The van der Waals surface area contributed by atoms with Gasteiger partial charge in [0.2, 0.25) is 0 Å². The second-order valence-corrected chi connectivity index (χ2v) is 8.80. The van der Waals surface area contributed by atoms with Crippen LogP contribution in [0.3, 0.4) is 0 Å². The van der Waals surface area contributed by atoms with Crippen molar-refractivity contribution >= 4 is 22.8 Å². The predicted octanol–water partition coefficient (Wildman–Crippen LogP) is 5.42. The molecule has 2 aromatic carbocycles. The lowest BCUT2D eigenvalue weighted by Gasteiger charge is -2.34.